The van der Waals surface area contributed by atoms with E-state index in [9.17, 15) is 4.79 Å². The number of nitrogens with zero attached hydrogens (tertiary/aromatic N) is 2. The van der Waals surface area contributed by atoms with Crippen LogP contribution >= 0.6 is 0 Å². The third-order valence-corrected chi connectivity index (χ3v) is 3.63. The van der Waals surface area contributed by atoms with Crippen LogP contribution in [0.15, 0.2) is 24.3 Å². The van der Waals surface area contributed by atoms with Gasteiger partial charge in [0.1, 0.15) is 0 Å². The summed E-state index contributed by atoms with van der Waals surface area (Å²) in [7, 11) is 0. The monoisotopic (exact) mass is 271 g/mol. The minimum atomic E-state index is -0.0230. The first kappa shape index (κ1) is 14.5. The van der Waals surface area contributed by atoms with E-state index in [1.54, 1.807) is 24.3 Å². The van der Waals surface area contributed by atoms with Gasteiger partial charge in [-0.05, 0) is 25.0 Å². The van der Waals surface area contributed by atoms with Gasteiger partial charge in [0.25, 0.3) is 5.91 Å². The third kappa shape index (κ3) is 3.37. The van der Waals surface area contributed by atoms with Crippen LogP contribution in [0.1, 0.15) is 42.6 Å². The maximum absolute atomic E-state index is 12.5. The Bertz CT molecular complexity index is 511. The van der Waals surface area contributed by atoms with Gasteiger partial charge in [0.05, 0.1) is 17.2 Å². The lowest BCUT2D eigenvalue weighted by Gasteiger charge is -2.33. The number of benzene rings is 1. The van der Waals surface area contributed by atoms with E-state index in [1.807, 2.05) is 4.90 Å². The predicted molar refractivity (Wildman–Crippen MR) is 78.4 cm³/mol. The number of hydrogen-bond acceptors (Lipinski definition) is 3. The maximum atomic E-state index is 12.5. The van der Waals surface area contributed by atoms with Gasteiger partial charge in [-0.15, -0.1) is 0 Å². The molecule has 1 amide bonds. The molecule has 0 radical (unpaired) electrons. The van der Waals surface area contributed by atoms with Crippen LogP contribution in [0.5, 0.6) is 0 Å². The fourth-order valence-electron chi connectivity index (χ4n) is 2.66. The quantitative estimate of drug-likeness (QED) is 0.916. The van der Waals surface area contributed by atoms with Crippen molar-refractivity contribution in [3.8, 4) is 6.07 Å². The van der Waals surface area contributed by atoms with Crippen LogP contribution in [0.4, 0.5) is 0 Å². The first-order valence-electron chi connectivity index (χ1n) is 7.16. The fraction of sp³-hybridized carbons (Fsp3) is 0.500. The molecule has 0 saturated carbocycles. The Balaban J connectivity index is 2.00. The van der Waals surface area contributed by atoms with E-state index < -0.39 is 0 Å². The molecule has 1 saturated heterocycles. The van der Waals surface area contributed by atoms with Gasteiger partial charge in [-0.1, -0.05) is 26.0 Å². The minimum absolute atomic E-state index is 0.0230. The summed E-state index contributed by atoms with van der Waals surface area (Å²) < 4.78 is 0. The highest BCUT2D eigenvalue weighted by Crippen LogP contribution is 2.16. The summed E-state index contributed by atoms with van der Waals surface area (Å²) in [5, 5.41) is 12.6. The number of piperidine rings is 1. The Labute approximate surface area is 120 Å². The second-order valence-electron chi connectivity index (χ2n) is 5.55. The van der Waals surface area contributed by atoms with Crippen molar-refractivity contribution < 1.29 is 4.79 Å². The topological polar surface area (TPSA) is 56.1 Å². The van der Waals surface area contributed by atoms with Crippen LogP contribution in [0.2, 0.25) is 0 Å². The molecule has 1 aliphatic rings. The molecule has 0 atom stereocenters. The summed E-state index contributed by atoms with van der Waals surface area (Å²) in [5.74, 6) is -0.0230. The Hall–Kier alpha value is -1.86. The SMILES string of the molecule is CC(C)NC1CCN(C(=O)c2ccccc2C#N)CC1. The van der Waals surface area contributed by atoms with Crippen molar-refractivity contribution in [2.75, 3.05) is 13.1 Å². The fourth-order valence-corrected chi connectivity index (χ4v) is 2.66. The maximum Gasteiger partial charge on any atom is 0.255 e. The molecular formula is C16H21N3O. The number of carbonyl (C=O) groups is 1. The second-order valence-corrected chi connectivity index (χ2v) is 5.55. The van der Waals surface area contributed by atoms with Crippen molar-refractivity contribution in [2.45, 2.75) is 38.8 Å². The molecule has 0 aliphatic carbocycles. The minimum Gasteiger partial charge on any atom is -0.338 e. The summed E-state index contributed by atoms with van der Waals surface area (Å²) in [4.78, 5) is 14.3. The van der Waals surface area contributed by atoms with Gasteiger partial charge < -0.3 is 10.2 Å². The van der Waals surface area contributed by atoms with Crippen molar-refractivity contribution in [3.05, 3.63) is 35.4 Å². The normalized spacial score (nSPS) is 16.2. The zero-order chi connectivity index (χ0) is 14.5. The summed E-state index contributed by atoms with van der Waals surface area (Å²) in [6, 6.07) is 10.1. The van der Waals surface area contributed by atoms with Crippen LogP contribution in [-0.4, -0.2) is 36.0 Å². The molecule has 1 aromatic rings. The highest BCUT2D eigenvalue weighted by Gasteiger charge is 2.24. The molecule has 1 aliphatic heterocycles. The molecule has 0 spiro atoms. The zero-order valence-electron chi connectivity index (χ0n) is 12.1. The average molecular weight is 271 g/mol. The van der Waals surface area contributed by atoms with Gasteiger partial charge in [-0.2, -0.15) is 5.26 Å². The molecule has 2 rings (SSSR count). The summed E-state index contributed by atoms with van der Waals surface area (Å²) in [5.41, 5.74) is 0.977. The lowest BCUT2D eigenvalue weighted by molar-refractivity contribution is 0.0703. The molecule has 0 unspecified atom stereocenters. The lowest BCUT2D eigenvalue weighted by atomic mass is 10.0. The molecule has 1 aromatic carbocycles. The smallest absolute Gasteiger partial charge is 0.255 e. The van der Waals surface area contributed by atoms with Gasteiger partial charge in [0.15, 0.2) is 0 Å². The molecule has 1 fully saturated rings. The van der Waals surface area contributed by atoms with Crippen molar-refractivity contribution in [2.24, 2.45) is 0 Å². The molecule has 20 heavy (non-hydrogen) atoms. The molecule has 106 valence electrons. The van der Waals surface area contributed by atoms with Crippen molar-refractivity contribution in [1.82, 2.24) is 10.2 Å². The first-order valence-corrected chi connectivity index (χ1v) is 7.16. The van der Waals surface area contributed by atoms with Crippen LogP contribution in [0, 0.1) is 11.3 Å². The number of nitrogens with one attached hydrogen (secondary N) is 1. The Morgan fingerprint density at radius 2 is 2.00 bits per heavy atom. The third-order valence-electron chi connectivity index (χ3n) is 3.63. The van der Waals surface area contributed by atoms with Crippen LogP contribution in [0.3, 0.4) is 0 Å². The standard InChI is InChI=1S/C16H21N3O/c1-12(2)18-14-7-9-19(10-8-14)16(20)15-6-4-3-5-13(15)11-17/h3-6,12,14,18H,7-10H2,1-2H3. The van der Waals surface area contributed by atoms with Crippen LogP contribution < -0.4 is 5.32 Å². The number of likely N-dealkylation sites (tertiary alicyclic amines) is 1. The van der Waals surface area contributed by atoms with E-state index in [0.29, 0.717) is 23.2 Å². The van der Waals surface area contributed by atoms with E-state index in [4.69, 9.17) is 5.26 Å². The number of hydrogen-bond donors (Lipinski definition) is 1. The van der Waals surface area contributed by atoms with Crippen LogP contribution in [0.25, 0.3) is 0 Å². The number of rotatable bonds is 3. The van der Waals surface area contributed by atoms with Gasteiger partial charge >= 0.3 is 0 Å². The van der Waals surface area contributed by atoms with Crippen molar-refractivity contribution >= 4 is 5.91 Å². The largest absolute Gasteiger partial charge is 0.338 e. The van der Waals surface area contributed by atoms with Crippen molar-refractivity contribution in [1.29, 1.82) is 5.26 Å². The Kier molecular flexibility index (Phi) is 4.75. The van der Waals surface area contributed by atoms with Crippen LogP contribution in [-0.2, 0) is 0 Å². The van der Waals surface area contributed by atoms with Gasteiger partial charge in [-0.3, -0.25) is 4.79 Å². The zero-order valence-corrected chi connectivity index (χ0v) is 12.1. The highest BCUT2D eigenvalue weighted by atomic mass is 16.2. The lowest BCUT2D eigenvalue weighted by Crippen LogP contribution is -2.46. The molecule has 0 bridgehead atoms. The summed E-state index contributed by atoms with van der Waals surface area (Å²) in [6.45, 7) is 5.79. The summed E-state index contributed by atoms with van der Waals surface area (Å²) >= 11 is 0. The van der Waals surface area contributed by atoms with Gasteiger partial charge in [-0.25, -0.2) is 0 Å². The predicted octanol–water partition coefficient (Wildman–Crippen LogP) is 2.16. The van der Waals surface area contributed by atoms with E-state index in [2.05, 4.69) is 25.2 Å². The molecule has 1 heterocycles. The second kappa shape index (κ2) is 6.53. The van der Waals surface area contributed by atoms with E-state index in [1.165, 1.54) is 0 Å². The molecule has 1 N–H and O–H groups in total. The van der Waals surface area contributed by atoms with Gasteiger partial charge in [0, 0.05) is 25.2 Å². The molecule has 4 nitrogen and oxygen atoms in total. The van der Waals surface area contributed by atoms with E-state index in [0.717, 1.165) is 25.9 Å². The Morgan fingerprint density at radius 3 is 2.60 bits per heavy atom. The average Bonchev–Trinajstić information content (AvgIpc) is 2.46. The highest BCUT2D eigenvalue weighted by molar-refractivity contribution is 5.96. The first-order chi connectivity index (χ1) is 9.61. The van der Waals surface area contributed by atoms with Gasteiger partial charge in [0.2, 0.25) is 0 Å². The number of nitriles is 1. The van der Waals surface area contributed by atoms with E-state index in [-0.39, 0.29) is 5.91 Å². The van der Waals surface area contributed by atoms with Crippen molar-refractivity contribution in [3.63, 3.8) is 0 Å². The summed E-state index contributed by atoms with van der Waals surface area (Å²) in [6.07, 6.45) is 1.94. The molecular weight excluding hydrogens is 250 g/mol. The number of carbonyl (C=O) groups excluding carboxylic acids is 1. The Morgan fingerprint density at radius 1 is 1.35 bits per heavy atom. The molecule has 4 heteroatoms. The van der Waals surface area contributed by atoms with E-state index >= 15 is 0 Å². The number of amides is 1. The molecule has 0 aromatic heterocycles.